The van der Waals surface area contributed by atoms with Crippen LogP contribution in [0.25, 0.3) is 0 Å². The molecule has 0 amide bonds. The van der Waals surface area contributed by atoms with Gasteiger partial charge in [0.15, 0.2) is 0 Å². The maximum atomic E-state index is 5.96. The van der Waals surface area contributed by atoms with Gasteiger partial charge in [-0.05, 0) is 18.6 Å². The van der Waals surface area contributed by atoms with Gasteiger partial charge in [-0.1, -0.05) is 11.3 Å². The van der Waals surface area contributed by atoms with Crippen LogP contribution in [0, 0.1) is 0 Å². The number of aromatic nitrogens is 4. The third kappa shape index (κ3) is 3.19. The summed E-state index contributed by atoms with van der Waals surface area (Å²) in [5, 5.41) is 8.57. The summed E-state index contributed by atoms with van der Waals surface area (Å²) < 4.78 is 13.4. The van der Waals surface area contributed by atoms with Crippen LogP contribution in [-0.2, 0) is 29.7 Å². The highest BCUT2D eigenvalue weighted by Gasteiger charge is 2.34. The second kappa shape index (κ2) is 6.96. The van der Waals surface area contributed by atoms with E-state index in [2.05, 4.69) is 20.2 Å². The molecule has 2 aliphatic heterocycles. The quantitative estimate of drug-likeness (QED) is 0.819. The lowest BCUT2D eigenvalue weighted by Crippen LogP contribution is -2.43. The number of nitrogens with zero attached hydrogens (tertiary/aromatic N) is 5. The van der Waals surface area contributed by atoms with E-state index in [-0.39, 0.29) is 5.92 Å². The normalized spacial score (nSPS) is 24.2. The van der Waals surface area contributed by atoms with Crippen LogP contribution in [0.3, 0.4) is 0 Å². The van der Waals surface area contributed by atoms with Gasteiger partial charge in [0, 0.05) is 44.9 Å². The first-order chi connectivity index (χ1) is 11.8. The number of aryl methyl sites for hydroxylation is 1. The van der Waals surface area contributed by atoms with Crippen molar-refractivity contribution in [3.8, 4) is 0 Å². The van der Waals surface area contributed by atoms with Crippen molar-refractivity contribution in [1.29, 1.82) is 0 Å². The molecule has 0 aliphatic carbocycles. The van der Waals surface area contributed by atoms with Crippen LogP contribution in [0.5, 0.6) is 0 Å². The Labute approximate surface area is 141 Å². The Morgan fingerprint density at radius 1 is 1.38 bits per heavy atom. The lowest BCUT2D eigenvalue weighted by atomic mass is 9.97. The van der Waals surface area contributed by atoms with Crippen molar-refractivity contribution in [3.05, 3.63) is 41.5 Å². The molecule has 0 bridgehead atoms. The first kappa shape index (κ1) is 15.7. The molecule has 2 aliphatic rings. The molecule has 0 N–H and O–H groups in total. The Morgan fingerprint density at radius 2 is 2.33 bits per heavy atom. The predicted octanol–water partition coefficient (Wildman–Crippen LogP) is 1.11. The second-order valence-electron chi connectivity index (χ2n) is 6.52. The van der Waals surface area contributed by atoms with Crippen LogP contribution < -0.4 is 0 Å². The molecule has 2 atom stereocenters. The van der Waals surface area contributed by atoms with Gasteiger partial charge in [0.1, 0.15) is 5.69 Å². The van der Waals surface area contributed by atoms with Crippen LogP contribution in [0.1, 0.15) is 29.4 Å². The van der Waals surface area contributed by atoms with Crippen molar-refractivity contribution < 1.29 is 9.47 Å². The van der Waals surface area contributed by atoms with Gasteiger partial charge in [0.2, 0.25) is 0 Å². The lowest BCUT2D eigenvalue weighted by molar-refractivity contribution is 0.0674. The monoisotopic (exact) mass is 329 g/mol. The molecule has 2 aromatic heterocycles. The Bertz CT molecular complexity index is 669. The fraction of sp³-hybridized carbons (Fsp3) is 0.588. The number of fused-ring (bicyclic) bond motifs is 1. The average Bonchev–Trinajstić information content (AvgIpc) is 3.26. The molecular weight excluding hydrogens is 306 g/mol. The maximum Gasteiger partial charge on any atom is 0.100 e. The minimum absolute atomic E-state index is 0.276. The average molecular weight is 329 g/mol. The highest BCUT2D eigenvalue weighted by Crippen LogP contribution is 2.30. The van der Waals surface area contributed by atoms with Crippen LogP contribution in [0.2, 0.25) is 0 Å². The molecule has 1 fully saturated rings. The number of ether oxygens (including phenoxy) is 2. The number of hydrogen-bond acceptors (Lipinski definition) is 6. The van der Waals surface area contributed by atoms with E-state index in [0.717, 1.165) is 44.1 Å². The second-order valence-corrected chi connectivity index (χ2v) is 6.52. The Kier molecular flexibility index (Phi) is 4.55. The molecule has 4 rings (SSSR count). The van der Waals surface area contributed by atoms with Crippen molar-refractivity contribution in [2.24, 2.45) is 7.05 Å². The van der Waals surface area contributed by atoms with Crippen LogP contribution in [0.4, 0.5) is 0 Å². The molecule has 0 spiro atoms. The number of rotatable bonds is 5. The molecule has 0 unspecified atom stereocenters. The summed E-state index contributed by atoms with van der Waals surface area (Å²) in [5.41, 5.74) is 3.23. The maximum absolute atomic E-state index is 5.96. The minimum Gasteiger partial charge on any atom is -0.380 e. The third-order valence-corrected chi connectivity index (χ3v) is 4.86. The Hall–Kier alpha value is -1.83. The van der Waals surface area contributed by atoms with Crippen molar-refractivity contribution in [2.75, 3.05) is 26.4 Å². The van der Waals surface area contributed by atoms with Crippen LogP contribution in [0.15, 0.2) is 24.4 Å². The van der Waals surface area contributed by atoms with E-state index in [4.69, 9.17) is 9.47 Å². The van der Waals surface area contributed by atoms with Gasteiger partial charge in [0.05, 0.1) is 31.2 Å². The summed E-state index contributed by atoms with van der Waals surface area (Å²) in [5.74, 6) is 0.276. The van der Waals surface area contributed by atoms with Crippen LogP contribution in [-0.4, -0.2) is 57.3 Å². The molecular formula is C17H23N5O2. The van der Waals surface area contributed by atoms with Gasteiger partial charge in [-0.2, -0.15) is 0 Å². The molecule has 128 valence electrons. The summed E-state index contributed by atoms with van der Waals surface area (Å²) in [6.45, 7) is 4.67. The summed E-state index contributed by atoms with van der Waals surface area (Å²) in [4.78, 5) is 6.78. The van der Waals surface area contributed by atoms with Crippen molar-refractivity contribution in [1.82, 2.24) is 24.9 Å². The minimum atomic E-state index is 0.276. The molecule has 2 aromatic rings. The summed E-state index contributed by atoms with van der Waals surface area (Å²) >= 11 is 0. The van der Waals surface area contributed by atoms with Gasteiger partial charge in [-0.25, -0.2) is 0 Å². The molecule has 24 heavy (non-hydrogen) atoms. The van der Waals surface area contributed by atoms with Gasteiger partial charge < -0.3 is 9.47 Å². The van der Waals surface area contributed by atoms with Gasteiger partial charge in [-0.3, -0.25) is 14.6 Å². The molecule has 1 saturated heterocycles. The molecule has 7 nitrogen and oxygen atoms in total. The molecule has 7 heteroatoms. The van der Waals surface area contributed by atoms with Crippen molar-refractivity contribution >= 4 is 0 Å². The van der Waals surface area contributed by atoms with E-state index in [1.54, 1.807) is 6.20 Å². The number of pyridine rings is 1. The lowest BCUT2D eigenvalue weighted by Gasteiger charge is -2.35. The largest absolute Gasteiger partial charge is 0.380 e. The fourth-order valence-corrected chi connectivity index (χ4v) is 3.66. The third-order valence-electron chi connectivity index (χ3n) is 4.86. The molecule has 0 aromatic carbocycles. The van der Waals surface area contributed by atoms with Crippen molar-refractivity contribution in [2.45, 2.75) is 31.5 Å². The standard InChI is InChI=1S/C17H23N5O2/c1-21-17-13(10-24-11-14-4-2-3-6-18-14)8-22(9-16(17)19-20-21)15-5-7-23-12-15/h2-4,6,13,15H,5,7-12H2,1H3/t13-,15+/m1/s1. The van der Waals surface area contributed by atoms with Gasteiger partial charge in [-0.15, -0.1) is 5.10 Å². The fourth-order valence-electron chi connectivity index (χ4n) is 3.66. The van der Waals surface area contributed by atoms with E-state index in [1.807, 2.05) is 29.9 Å². The summed E-state index contributed by atoms with van der Waals surface area (Å²) in [7, 11) is 1.96. The molecule has 0 radical (unpaired) electrons. The zero-order valence-corrected chi connectivity index (χ0v) is 14.0. The highest BCUT2D eigenvalue weighted by atomic mass is 16.5. The zero-order valence-electron chi connectivity index (χ0n) is 14.0. The van der Waals surface area contributed by atoms with Crippen molar-refractivity contribution in [3.63, 3.8) is 0 Å². The van der Waals surface area contributed by atoms with Gasteiger partial charge in [0.25, 0.3) is 0 Å². The highest BCUT2D eigenvalue weighted by molar-refractivity contribution is 5.20. The Balaban J connectivity index is 1.44. The summed E-state index contributed by atoms with van der Waals surface area (Å²) in [6.07, 6.45) is 2.89. The smallest absolute Gasteiger partial charge is 0.100 e. The molecule has 0 saturated carbocycles. The topological polar surface area (TPSA) is 65.3 Å². The molecule has 4 heterocycles. The van der Waals surface area contributed by atoms with Crippen LogP contribution >= 0.6 is 0 Å². The predicted molar refractivity (Wildman–Crippen MR) is 87.3 cm³/mol. The first-order valence-corrected chi connectivity index (χ1v) is 8.49. The number of hydrogen-bond donors (Lipinski definition) is 0. The Morgan fingerprint density at radius 3 is 3.12 bits per heavy atom. The summed E-state index contributed by atoms with van der Waals surface area (Å²) in [6, 6.07) is 6.37. The van der Waals surface area contributed by atoms with E-state index < -0.39 is 0 Å². The zero-order chi connectivity index (χ0) is 16.4. The van der Waals surface area contributed by atoms with Gasteiger partial charge >= 0.3 is 0 Å². The first-order valence-electron chi connectivity index (χ1n) is 8.49. The SMILES string of the molecule is Cn1nnc2c1[C@@H](COCc1ccccn1)CN([C@H]1CCOC1)C2. The van der Waals surface area contributed by atoms with E-state index in [9.17, 15) is 0 Å². The van der Waals surface area contributed by atoms with E-state index in [1.165, 1.54) is 5.69 Å². The van der Waals surface area contributed by atoms with E-state index >= 15 is 0 Å². The van der Waals surface area contributed by atoms with E-state index in [0.29, 0.717) is 19.3 Å².